The molecule has 0 aliphatic carbocycles. The number of hydrogen-bond donors (Lipinski definition) is 0. The lowest BCUT2D eigenvalue weighted by atomic mass is 10.1. The van der Waals surface area contributed by atoms with Crippen molar-refractivity contribution in [3.8, 4) is 5.88 Å². The smallest absolute Gasteiger partial charge is 0.228 e. The fraction of sp³-hybridized carbons (Fsp3) is 0.667. The monoisotopic (exact) mass is 292 g/mol. The molecule has 6 heteroatoms. The molecule has 0 aromatic carbocycles. The van der Waals surface area contributed by atoms with Gasteiger partial charge < -0.3 is 14.5 Å². The van der Waals surface area contributed by atoms with Crippen LogP contribution < -0.4 is 9.64 Å². The van der Waals surface area contributed by atoms with Crippen molar-refractivity contribution >= 4 is 11.9 Å². The van der Waals surface area contributed by atoms with Gasteiger partial charge in [-0.1, -0.05) is 13.8 Å². The molecule has 2 heterocycles. The van der Waals surface area contributed by atoms with Crippen molar-refractivity contribution in [1.29, 1.82) is 0 Å². The van der Waals surface area contributed by atoms with Crippen molar-refractivity contribution < 1.29 is 9.53 Å². The van der Waals surface area contributed by atoms with Crippen molar-refractivity contribution in [2.45, 2.75) is 26.7 Å². The first-order valence-electron chi connectivity index (χ1n) is 7.56. The normalized spacial score (nSPS) is 17.3. The van der Waals surface area contributed by atoms with Crippen LogP contribution in [0, 0.1) is 5.92 Å². The number of nitrogens with zero attached hydrogens (tertiary/aromatic N) is 4. The number of carbonyl (C=O) groups is 1. The summed E-state index contributed by atoms with van der Waals surface area (Å²) < 4.78 is 5.14. The average molecular weight is 292 g/mol. The third-order valence-electron chi connectivity index (χ3n) is 3.95. The van der Waals surface area contributed by atoms with Gasteiger partial charge in [0.25, 0.3) is 0 Å². The first-order chi connectivity index (χ1) is 10.2. The molecule has 2 rings (SSSR count). The van der Waals surface area contributed by atoms with Crippen molar-refractivity contribution in [3.05, 3.63) is 12.3 Å². The summed E-state index contributed by atoms with van der Waals surface area (Å²) in [5, 5.41) is 0. The van der Waals surface area contributed by atoms with Gasteiger partial charge in [0, 0.05) is 44.4 Å². The second kappa shape index (κ2) is 7.24. The van der Waals surface area contributed by atoms with E-state index >= 15 is 0 Å². The van der Waals surface area contributed by atoms with Crippen LogP contribution in [-0.4, -0.2) is 54.1 Å². The molecule has 21 heavy (non-hydrogen) atoms. The summed E-state index contributed by atoms with van der Waals surface area (Å²) in [5.41, 5.74) is 0. The first-order valence-corrected chi connectivity index (χ1v) is 7.56. The van der Waals surface area contributed by atoms with Gasteiger partial charge >= 0.3 is 0 Å². The molecule has 6 nitrogen and oxygen atoms in total. The Morgan fingerprint density at radius 2 is 2.19 bits per heavy atom. The lowest BCUT2D eigenvalue weighted by Crippen LogP contribution is -2.38. The highest BCUT2D eigenvalue weighted by Gasteiger charge is 2.23. The maximum atomic E-state index is 12.3. The summed E-state index contributed by atoms with van der Waals surface area (Å²) in [7, 11) is 1.60. The zero-order chi connectivity index (χ0) is 15.2. The van der Waals surface area contributed by atoms with E-state index in [9.17, 15) is 4.79 Å². The van der Waals surface area contributed by atoms with Crippen LogP contribution >= 0.6 is 0 Å². The van der Waals surface area contributed by atoms with Crippen LogP contribution in [0.15, 0.2) is 12.3 Å². The van der Waals surface area contributed by atoms with E-state index in [4.69, 9.17) is 4.74 Å². The van der Waals surface area contributed by atoms with Crippen LogP contribution in [0.2, 0.25) is 0 Å². The van der Waals surface area contributed by atoms with E-state index in [0.29, 0.717) is 11.8 Å². The number of hydrogen-bond acceptors (Lipinski definition) is 5. The van der Waals surface area contributed by atoms with Crippen LogP contribution in [0.1, 0.15) is 26.7 Å². The first kappa shape index (κ1) is 15.5. The second-order valence-electron chi connectivity index (χ2n) is 5.37. The van der Waals surface area contributed by atoms with E-state index in [1.807, 2.05) is 11.8 Å². The summed E-state index contributed by atoms with van der Waals surface area (Å²) in [4.78, 5) is 25.0. The highest BCUT2D eigenvalue weighted by atomic mass is 16.5. The SMILES string of the molecule is CC[C@@H](C)C(=O)N1CCCN(c2nccc(OC)n2)CC1. The summed E-state index contributed by atoms with van der Waals surface area (Å²) in [6.07, 6.45) is 3.52. The standard InChI is InChI=1S/C15H24N4O2/c1-4-12(2)14(20)18-8-5-9-19(11-10-18)15-16-7-6-13(17-15)21-3/h6-7,12H,4-5,8-11H2,1-3H3/t12-/m1/s1. The minimum Gasteiger partial charge on any atom is -0.481 e. The Balaban J connectivity index is 2.01. The Morgan fingerprint density at radius 1 is 1.38 bits per heavy atom. The Kier molecular flexibility index (Phi) is 5.36. The minimum absolute atomic E-state index is 0.101. The Hall–Kier alpha value is -1.85. The topological polar surface area (TPSA) is 58.6 Å². The summed E-state index contributed by atoms with van der Waals surface area (Å²) in [6.45, 7) is 7.20. The van der Waals surface area contributed by atoms with Crippen LogP contribution in [-0.2, 0) is 4.79 Å². The van der Waals surface area contributed by atoms with E-state index in [-0.39, 0.29) is 11.8 Å². The van der Waals surface area contributed by atoms with E-state index < -0.39 is 0 Å². The molecular weight excluding hydrogens is 268 g/mol. The zero-order valence-corrected chi connectivity index (χ0v) is 13.1. The molecule has 0 unspecified atom stereocenters. The number of rotatable bonds is 4. The van der Waals surface area contributed by atoms with Gasteiger partial charge in [0.1, 0.15) is 0 Å². The average Bonchev–Trinajstić information content (AvgIpc) is 2.79. The highest BCUT2D eigenvalue weighted by molar-refractivity contribution is 5.78. The van der Waals surface area contributed by atoms with Crippen LogP contribution in [0.3, 0.4) is 0 Å². The number of amides is 1. The minimum atomic E-state index is 0.101. The largest absolute Gasteiger partial charge is 0.481 e. The molecule has 1 saturated heterocycles. The fourth-order valence-corrected chi connectivity index (χ4v) is 2.42. The van der Waals surface area contributed by atoms with E-state index in [1.54, 1.807) is 19.4 Å². The second-order valence-corrected chi connectivity index (χ2v) is 5.37. The Bertz CT molecular complexity index is 480. The molecule has 1 atom stereocenters. The molecule has 0 N–H and O–H groups in total. The Labute approximate surface area is 126 Å². The predicted molar refractivity (Wildman–Crippen MR) is 81.4 cm³/mol. The van der Waals surface area contributed by atoms with Crippen molar-refractivity contribution in [1.82, 2.24) is 14.9 Å². The van der Waals surface area contributed by atoms with E-state index in [2.05, 4.69) is 21.8 Å². The van der Waals surface area contributed by atoms with Crippen molar-refractivity contribution in [2.75, 3.05) is 38.2 Å². The molecule has 1 aliphatic rings. The lowest BCUT2D eigenvalue weighted by Gasteiger charge is -2.24. The van der Waals surface area contributed by atoms with Gasteiger partial charge in [-0.25, -0.2) is 4.98 Å². The van der Waals surface area contributed by atoms with Gasteiger partial charge in [-0.2, -0.15) is 4.98 Å². The number of aromatic nitrogens is 2. The molecule has 1 fully saturated rings. The lowest BCUT2D eigenvalue weighted by molar-refractivity contribution is -0.134. The summed E-state index contributed by atoms with van der Waals surface area (Å²) >= 11 is 0. The van der Waals surface area contributed by atoms with Crippen LogP contribution in [0.5, 0.6) is 5.88 Å². The number of carbonyl (C=O) groups excluding carboxylic acids is 1. The van der Waals surface area contributed by atoms with E-state index in [1.165, 1.54) is 0 Å². The van der Waals surface area contributed by atoms with Gasteiger partial charge in [-0.15, -0.1) is 0 Å². The molecule has 0 spiro atoms. The number of anilines is 1. The molecule has 116 valence electrons. The molecule has 0 radical (unpaired) electrons. The highest BCUT2D eigenvalue weighted by Crippen LogP contribution is 2.16. The van der Waals surface area contributed by atoms with E-state index in [0.717, 1.165) is 39.0 Å². The predicted octanol–water partition coefficient (Wildman–Crippen LogP) is 1.57. The number of methoxy groups -OCH3 is 1. The summed E-state index contributed by atoms with van der Waals surface area (Å²) in [5.74, 6) is 1.60. The van der Waals surface area contributed by atoms with Gasteiger partial charge in [-0.3, -0.25) is 4.79 Å². The van der Waals surface area contributed by atoms with Gasteiger partial charge in [0.05, 0.1) is 7.11 Å². The molecule has 1 amide bonds. The zero-order valence-electron chi connectivity index (χ0n) is 13.1. The molecule has 0 saturated carbocycles. The van der Waals surface area contributed by atoms with Gasteiger partial charge in [0.2, 0.25) is 17.7 Å². The third-order valence-corrected chi connectivity index (χ3v) is 3.95. The van der Waals surface area contributed by atoms with Gasteiger partial charge in [0.15, 0.2) is 0 Å². The molecule has 1 aliphatic heterocycles. The molecular formula is C15H24N4O2. The maximum absolute atomic E-state index is 12.3. The third kappa shape index (κ3) is 3.83. The van der Waals surface area contributed by atoms with Crippen molar-refractivity contribution in [2.24, 2.45) is 5.92 Å². The maximum Gasteiger partial charge on any atom is 0.228 e. The molecule has 1 aromatic rings. The summed E-state index contributed by atoms with van der Waals surface area (Å²) in [6, 6.07) is 1.74. The molecule has 0 bridgehead atoms. The van der Waals surface area contributed by atoms with Gasteiger partial charge in [-0.05, 0) is 12.8 Å². The van der Waals surface area contributed by atoms with Crippen molar-refractivity contribution in [3.63, 3.8) is 0 Å². The number of ether oxygens (including phenoxy) is 1. The van der Waals surface area contributed by atoms with Crippen LogP contribution in [0.25, 0.3) is 0 Å². The fourth-order valence-electron chi connectivity index (χ4n) is 2.42. The molecule has 1 aromatic heterocycles. The Morgan fingerprint density at radius 3 is 2.90 bits per heavy atom. The van der Waals surface area contributed by atoms with Crippen LogP contribution in [0.4, 0.5) is 5.95 Å². The quantitative estimate of drug-likeness (QED) is 0.843.